The molecule has 0 spiro atoms. The van der Waals surface area contributed by atoms with E-state index in [9.17, 15) is 9.90 Å². The Balaban J connectivity index is 2.26. The number of nitrogens with one attached hydrogen (secondary N) is 1. The predicted octanol–water partition coefficient (Wildman–Crippen LogP) is 2.90. The van der Waals surface area contributed by atoms with E-state index in [-0.39, 0.29) is 6.10 Å². The van der Waals surface area contributed by atoms with Crippen LogP contribution in [-0.2, 0) is 16.0 Å². The van der Waals surface area contributed by atoms with E-state index in [2.05, 4.69) is 5.32 Å². The molecule has 0 aromatic carbocycles. The molecule has 4 nitrogen and oxygen atoms in total. The van der Waals surface area contributed by atoms with E-state index < -0.39 is 12.0 Å². The molecule has 0 radical (unpaired) electrons. The molecule has 0 bridgehead atoms. The Morgan fingerprint density at radius 1 is 1.63 bits per heavy atom. The molecule has 2 atom stereocenters. The van der Waals surface area contributed by atoms with Gasteiger partial charge in [0, 0.05) is 16.4 Å². The second-order valence-electron chi connectivity index (χ2n) is 4.69. The maximum Gasteiger partial charge on any atom is 0.326 e. The number of ether oxygens (including phenoxy) is 1. The van der Waals surface area contributed by atoms with Gasteiger partial charge in [-0.15, -0.1) is 11.3 Å². The molecule has 2 unspecified atom stereocenters. The van der Waals surface area contributed by atoms with Gasteiger partial charge in [-0.25, -0.2) is 0 Å². The summed E-state index contributed by atoms with van der Waals surface area (Å²) in [6.07, 6.45) is 3.35. The molecule has 19 heavy (non-hydrogen) atoms. The monoisotopic (exact) mass is 283 g/mol. The van der Waals surface area contributed by atoms with Gasteiger partial charge in [-0.3, -0.25) is 4.79 Å². The van der Waals surface area contributed by atoms with E-state index in [0.717, 1.165) is 24.1 Å². The molecule has 0 fully saturated rings. The smallest absolute Gasteiger partial charge is 0.326 e. The molecule has 0 amide bonds. The van der Waals surface area contributed by atoms with Gasteiger partial charge in [0.15, 0.2) is 0 Å². The minimum absolute atomic E-state index is 0.148. The summed E-state index contributed by atoms with van der Waals surface area (Å²) in [4.78, 5) is 13.5. The largest absolute Gasteiger partial charge is 0.480 e. The van der Waals surface area contributed by atoms with Crippen LogP contribution < -0.4 is 5.32 Å². The van der Waals surface area contributed by atoms with E-state index in [1.807, 2.05) is 19.9 Å². The third-order valence-corrected chi connectivity index (χ3v) is 4.66. The van der Waals surface area contributed by atoms with Gasteiger partial charge in [0.1, 0.15) is 6.04 Å². The highest BCUT2D eigenvalue weighted by molar-refractivity contribution is 7.12. The molecular weight excluding hydrogens is 262 g/mol. The molecule has 1 aliphatic carbocycles. The van der Waals surface area contributed by atoms with Crippen molar-refractivity contribution < 1.29 is 14.6 Å². The number of rotatable bonds is 6. The Morgan fingerprint density at radius 3 is 3.05 bits per heavy atom. The maximum absolute atomic E-state index is 11.3. The van der Waals surface area contributed by atoms with Crippen LogP contribution in [0.1, 0.15) is 54.2 Å². The summed E-state index contributed by atoms with van der Waals surface area (Å²) in [7, 11) is 0. The lowest BCUT2D eigenvalue weighted by Gasteiger charge is -2.22. The fourth-order valence-electron chi connectivity index (χ4n) is 2.57. The summed E-state index contributed by atoms with van der Waals surface area (Å²) >= 11 is 1.62. The number of likely N-dealkylation sites (N-methyl/N-ethyl adjacent to an activating group) is 1. The van der Waals surface area contributed by atoms with Crippen molar-refractivity contribution in [1.29, 1.82) is 0 Å². The second kappa shape index (κ2) is 6.50. The van der Waals surface area contributed by atoms with Gasteiger partial charge in [-0.2, -0.15) is 0 Å². The number of fused-ring (bicyclic) bond motifs is 1. The molecule has 0 saturated heterocycles. The topological polar surface area (TPSA) is 58.6 Å². The average molecular weight is 283 g/mol. The molecule has 2 N–H and O–H groups in total. The molecule has 5 heteroatoms. The summed E-state index contributed by atoms with van der Waals surface area (Å²) in [6, 6.07) is 1.43. The average Bonchev–Trinajstić information content (AvgIpc) is 2.80. The number of carboxylic acids is 1. The number of hydrogen-bond donors (Lipinski definition) is 2. The Kier molecular flexibility index (Phi) is 4.96. The zero-order valence-corrected chi connectivity index (χ0v) is 12.3. The number of thiophene rings is 1. The van der Waals surface area contributed by atoms with E-state index in [4.69, 9.17) is 4.74 Å². The van der Waals surface area contributed by atoms with Gasteiger partial charge < -0.3 is 15.2 Å². The van der Waals surface area contributed by atoms with Gasteiger partial charge in [0.05, 0.1) is 6.10 Å². The molecule has 1 aromatic rings. The van der Waals surface area contributed by atoms with Crippen molar-refractivity contribution in [3.8, 4) is 0 Å². The summed E-state index contributed by atoms with van der Waals surface area (Å²) < 4.78 is 5.76. The number of aryl methyl sites for hydroxylation is 1. The summed E-state index contributed by atoms with van der Waals surface area (Å²) in [5, 5.41) is 12.3. The Hall–Kier alpha value is -0.910. The number of carbonyl (C=O) groups is 1. The fourth-order valence-corrected chi connectivity index (χ4v) is 3.89. The summed E-state index contributed by atoms with van der Waals surface area (Å²) in [6.45, 7) is 5.27. The summed E-state index contributed by atoms with van der Waals surface area (Å²) in [5.74, 6) is -0.812. The van der Waals surface area contributed by atoms with Crippen molar-refractivity contribution in [2.24, 2.45) is 0 Å². The lowest BCUT2D eigenvalue weighted by molar-refractivity contribution is -0.139. The molecule has 1 heterocycles. The molecule has 0 saturated carbocycles. The lowest BCUT2D eigenvalue weighted by Crippen LogP contribution is -2.27. The van der Waals surface area contributed by atoms with E-state index in [1.165, 1.54) is 10.4 Å². The normalized spacial score (nSPS) is 20.0. The highest BCUT2D eigenvalue weighted by Gasteiger charge is 2.27. The van der Waals surface area contributed by atoms with Crippen molar-refractivity contribution in [1.82, 2.24) is 5.32 Å². The minimum Gasteiger partial charge on any atom is -0.480 e. The predicted molar refractivity (Wildman–Crippen MR) is 75.7 cm³/mol. The molecule has 0 aliphatic heterocycles. The second-order valence-corrected chi connectivity index (χ2v) is 5.86. The van der Waals surface area contributed by atoms with E-state index in [0.29, 0.717) is 13.2 Å². The zero-order chi connectivity index (χ0) is 13.8. The van der Waals surface area contributed by atoms with Crippen LogP contribution in [0.15, 0.2) is 6.07 Å². The van der Waals surface area contributed by atoms with Crippen LogP contribution in [-0.4, -0.2) is 24.2 Å². The third kappa shape index (κ3) is 3.16. The van der Waals surface area contributed by atoms with Crippen LogP contribution in [0.3, 0.4) is 0 Å². The van der Waals surface area contributed by atoms with Gasteiger partial charge in [0.2, 0.25) is 0 Å². The molecule has 2 rings (SSSR count). The van der Waals surface area contributed by atoms with Crippen LogP contribution in [0.25, 0.3) is 0 Å². The van der Waals surface area contributed by atoms with Crippen LogP contribution in [0, 0.1) is 0 Å². The highest BCUT2D eigenvalue weighted by atomic mass is 32.1. The van der Waals surface area contributed by atoms with Crippen LogP contribution in [0.2, 0.25) is 0 Å². The van der Waals surface area contributed by atoms with Gasteiger partial charge in [0.25, 0.3) is 0 Å². The Morgan fingerprint density at radius 2 is 2.42 bits per heavy atom. The van der Waals surface area contributed by atoms with Gasteiger partial charge >= 0.3 is 5.97 Å². The van der Waals surface area contributed by atoms with Crippen LogP contribution in [0.5, 0.6) is 0 Å². The molecule has 1 aromatic heterocycles. The minimum atomic E-state index is -0.812. The quantitative estimate of drug-likeness (QED) is 0.843. The number of carboxylic acid groups (broad SMARTS) is 1. The SMILES string of the molecule is CCNC(C(=O)O)c1cc2c(s1)CCCC2OCC. The van der Waals surface area contributed by atoms with Gasteiger partial charge in [-0.05, 0) is 44.4 Å². The Bertz CT molecular complexity index is 444. The first-order chi connectivity index (χ1) is 9.17. The molecule has 106 valence electrons. The number of hydrogen-bond acceptors (Lipinski definition) is 4. The standard InChI is InChI=1S/C14H21NO3S/c1-3-15-13(14(16)17)12-8-9-10(18-4-2)6-5-7-11(9)19-12/h8,10,13,15H,3-7H2,1-2H3,(H,16,17). The Labute approximate surface area is 117 Å². The number of aliphatic carboxylic acids is 1. The van der Waals surface area contributed by atoms with Crippen molar-refractivity contribution in [3.05, 3.63) is 21.4 Å². The van der Waals surface area contributed by atoms with Crippen molar-refractivity contribution in [2.45, 2.75) is 45.3 Å². The maximum atomic E-state index is 11.3. The third-order valence-electron chi connectivity index (χ3n) is 3.39. The zero-order valence-electron chi connectivity index (χ0n) is 11.4. The van der Waals surface area contributed by atoms with Crippen LogP contribution >= 0.6 is 11.3 Å². The van der Waals surface area contributed by atoms with Crippen molar-refractivity contribution in [2.75, 3.05) is 13.2 Å². The van der Waals surface area contributed by atoms with Crippen LogP contribution in [0.4, 0.5) is 0 Å². The lowest BCUT2D eigenvalue weighted by atomic mass is 9.95. The first kappa shape index (κ1) is 14.5. The fraction of sp³-hybridized carbons (Fsp3) is 0.643. The molecule has 1 aliphatic rings. The van der Waals surface area contributed by atoms with Crippen molar-refractivity contribution in [3.63, 3.8) is 0 Å². The van der Waals surface area contributed by atoms with Crippen molar-refractivity contribution >= 4 is 17.3 Å². The highest BCUT2D eigenvalue weighted by Crippen LogP contribution is 2.39. The first-order valence-electron chi connectivity index (χ1n) is 6.87. The van der Waals surface area contributed by atoms with E-state index in [1.54, 1.807) is 11.3 Å². The molecular formula is C14H21NO3S. The van der Waals surface area contributed by atoms with E-state index >= 15 is 0 Å². The van der Waals surface area contributed by atoms with Gasteiger partial charge in [-0.1, -0.05) is 6.92 Å². The summed E-state index contributed by atoms with van der Waals surface area (Å²) in [5.41, 5.74) is 1.21. The first-order valence-corrected chi connectivity index (χ1v) is 7.69.